The minimum Gasteiger partial charge on any atom is -0.481 e. The van der Waals surface area contributed by atoms with Gasteiger partial charge in [0.2, 0.25) is 11.8 Å². The van der Waals surface area contributed by atoms with Crippen LogP contribution in [-0.4, -0.2) is 58.9 Å². The maximum atomic E-state index is 11.6. The Morgan fingerprint density at radius 1 is 1.10 bits per heavy atom. The van der Waals surface area contributed by atoms with Crippen LogP contribution in [0.4, 0.5) is 0 Å². The van der Waals surface area contributed by atoms with Crippen molar-refractivity contribution in [2.45, 2.75) is 32.8 Å². The molecule has 0 fully saturated rings. The number of carbonyl (C=O) groups is 3. The van der Waals surface area contributed by atoms with Crippen molar-refractivity contribution >= 4 is 17.8 Å². The Bertz CT molecular complexity index is 356. The first-order valence-electron chi connectivity index (χ1n) is 6.26. The lowest BCUT2D eigenvalue weighted by atomic mass is 9.87. The van der Waals surface area contributed by atoms with Gasteiger partial charge in [0.25, 0.3) is 0 Å². The molecule has 0 saturated heterocycles. The SMILES string of the molecule is CC(C)(CO)C(O)C(=O)NCCC(=O)NCCC(=O)O. The Hall–Kier alpha value is -1.67. The van der Waals surface area contributed by atoms with Crippen LogP contribution in [0.1, 0.15) is 26.7 Å². The minimum absolute atomic E-state index is 0.0162. The van der Waals surface area contributed by atoms with Gasteiger partial charge in [-0.1, -0.05) is 13.8 Å². The van der Waals surface area contributed by atoms with Gasteiger partial charge in [0, 0.05) is 24.9 Å². The maximum Gasteiger partial charge on any atom is 0.305 e. The zero-order valence-corrected chi connectivity index (χ0v) is 11.7. The normalized spacial score (nSPS) is 12.6. The number of nitrogens with one attached hydrogen (secondary N) is 2. The third-order valence-corrected chi connectivity index (χ3v) is 2.71. The van der Waals surface area contributed by atoms with Gasteiger partial charge < -0.3 is 26.0 Å². The first-order chi connectivity index (χ1) is 9.20. The van der Waals surface area contributed by atoms with Gasteiger partial charge in [-0.05, 0) is 0 Å². The lowest BCUT2D eigenvalue weighted by Crippen LogP contribution is -2.46. The Kier molecular flexibility index (Phi) is 7.78. The van der Waals surface area contributed by atoms with Gasteiger partial charge in [-0.15, -0.1) is 0 Å². The first-order valence-corrected chi connectivity index (χ1v) is 6.26. The van der Waals surface area contributed by atoms with Crippen LogP contribution in [0.2, 0.25) is 0 Å². The van der Waals surface area contributed by atoms with Crippen LogP contribution in [0, 0.1) is 5.41 Å². The summed E-state index contributed by atoms with van der Waals surface area (Å²) >= 11 is 0. The van der Waals surface area contributed by atoms with E-state index in [1.807, 2.05) is 0 Å². The van der Waals surface area contributed by atoms with E-state index in [1.54, 1.807) is 0 Å². The van der Waals surface area contributed by atoms with Gasteiger partial charge in [0.1, 0.15) is 6.10 Å². The lowest BCUT2D eigenvalue weighted by molar-refractivity contribution is -0.137. The highest BCUT2D eigenvalue weighted by Gasteiger charge is 2.32. The molecular weight excluding hydrogens is 268 g/mol. The van der Waals surface area contributed by atoms with Crippen LogP contribution in [0.25, 0.3) is 0 Å². The molecule has 0 rings (SSSR count). The second-order valence-corrected chi connectivity index (χ2v) is 5.08. The molecule has 8 nitrogen and oxygen atoms in total. The highest BCUT2D eigenvalue weighted by molar-refractivity contribution is 5.82. The number of aliphatic hydroxyl groups excluding tert-OH is 2. The number of aliphatic carboxylic acids is 1. The van der Waals surface area contributed by atoms with Crippen molar-refractivity contribution in [2.75, 3.05) is 19.7 Å². The Morgan fingerprint density at radius 2 is 1.65 bits per heavy atom. The predicted molar refractivity (Wildman–Crippen MR) is 69.8 cm³/mol. The molecule has 0 aliphatic carbocycles. The Balaban J connectivity index is 3.92. The molecule has 8 heteroatoms. The average Bonchev–Trinajstić information content (AvgIpc) is 2.37. The molecule has 0 aromatic rings. The van der Waals surface area contributed by atoms with E-state index in [0.29, 0.717) is 0 Å². The van der Waals surface area contributed by atoms with Crippen LogP contribution in [0.5, 0.6) is 0 Å². The summed E-state index contributed by atoms with van der Waals surface area (Å²) in [6.07, 6.45) is -1.55. The van der Waals surface area contributed by atoms with Crippen molar-refractivity contribution in [1.82, 2.24) is 10.6 Å². The number of hydrogen-bond donors (Lipinski definition) is 5. The monoisotopic (exact) mass is 290 g/mol. The Labute approximate surface area is 117 Å². The van der Waals surface area contributed by atoms with Crippen LogP contribution < -0.4 is 10.6 Å². The van der Waals surface area contributed by atoms with Crippen molar-refractivity contribution < 1.29 is 29.7 Å². The summed E-state index contributed by atoms with van der Waals surface area (Å²) < 4.78 is 0. The third-order valence-electron chi connectivity index (χ3n) is 2.71. The molecule has 0 aliphatic rings. The van der Waals surface area contributed by atoms with Crippen LogP contribution in [0.15, 0.2) is 0 Å². The predicted octanol–water partition coefficient (Wildman–Crippen LogP) is -1.54. The molecule has 0 spiro atoms. The van der Waals surface area contributed by atoms with Crippen LogP contribution in [-0.2, 0) is 14.4 Å². The van der Waals surface area contributed by atoms with Crippen LogP contribution in [0.3, 0.4) is 0 Å². The van der Waals surface area contributed by atoms with E-state index in [9.17, 15) is 19.5 Å². The second-order valence-electron chi connectivity index (χ2n) is 5.08. The molecule has 5 N–H and O–H groups in total. The zero-order valence-electron chi connectivity index (χ0n) is 11.7. The van der Waals surface area contributed by atoms with Crippen molar-refractivity contribution in [3.8, 4) is 0 Å². The summed E-state index contributed by atoms with van der Waals surface area (Å²) in [5, 5.41) is 31.8. The largest absolute Gasteiger partial charge is 0.481 e. The summed E-state index contributed by atoms with van der Waals surface area (Å²) in [7, 11) is 0. The molecule has 0 radical (unpaired) electrons. The average molecular weight is 290 g/mol. The van der Waals surface area contributed by atoms with Gasteiger partial charge in [-0.2, -0.15) is 0 Å². The van der Waals surface area contributed by atoms with E-state index in [1.165, 1.54) is 13.8 Å². The topological polar surface area (TPSA) is 136 Å². The van der Waals surface area contributed by atoms with Gasteiger partial charge in [0.15, 0.2) is 0 Å². The third kappa shape index (κ3) is 7.05. The molecule has 0 aromatic carbocycles. The number of amides is 2. The molecule has 0 aromatic heterocycles. The highest BCUT2D eigenvalue weighted by Crippen LogP contribution is 2.19. The van der Waals surface area contributed by atoms with Crippen molar-refractivity contribution in [3.63, 3.8) is 0 Å². The number of carboxylic acids is 1. The molecule has 116 valence electrons. The Morgan fingerprint density at radius 3 is 2.15 bits per heavy atom. The van der Waals surface area contributed by atoms with E-state index >= 15 is 0 Å². The zero-order chi connectivity index (χ0) is 15.8. The van der Waals surface area contributed by atoms with Crippen LogP contribution >= 0.6 is 0 Å². The minimum atomic E-state index is -1.37. The van der Waals surface area contributed by atoms with E-state index in [-0.39, 0.29) is 38.4 Å². The van der Waals surface area contributed by atoms with Crippen molar-refractivity contribution in [1.29, 1.82) is 0 Å². The van der Waals surface area contributed by atoms with Gasteiger partial charge >= 0.3 is 5.97 Å². The number of aliphatic hydroxyl groups is 2. The van der Waals surface area contributed by atoms with E-state index in [0.717, 1.165) is 0 Å². The second kappa shape index (κ2) is 8.49. The fourth-order valence-electron chi connectivity index (χ4n) is 1.23. The summed E-state index contributed by atoms with van der Waals surface area (Å²) in [6.45, 7) is 2.78. The van der Waals surface area contributed by atoms with E-state index in [2.05, 4.69) is 10.6 Å². The number of carboxylic acid groups (broad SMARTS) is 1. The first kappa shape index (κ1) is 18.3. The molecule has 0 heterocycles. The molecule has 1 unspecified atom stereocenters. The van der Waals surface area contributed by atoms with Gasteiger partial charge in [-0.25, -0.2) is 0 Å². The highest BCUT2D eigenvalue weighted by atomic mass is 16.4. The van der Waals surface area contributed by atoms with Gasteiger partial charge in [-0.3, -0.25) is 14.4 Å². The van der Waals surface area contributed by atoms with Gasteiger partial charge in [0.05, 0.1) is 13.0 Å². The maximum absolute atomic E-state index is 11.6. The summed E-state index contributed by atoms with van der Waals surface area (Å²) in [4.78, 5) is 33.0. The fourth-order valence-corrected chi connectivity index (χ4v) is 1.23. The number of carbonyl (C=O) groups excluding carboxylic acids is 2. The van der Waals surface area contributed by atoms with E-state index < -0.39 is 23.4 Å². The summed E-state index contributed by atoms with van der Waals surface area (Å²) in [5.41, 5.74) is -0.964. The smallest absolute Gasteiger partial charge is 0.305 e. The molecule has 20 heavy (non-hydrogen) atoms. The lowest BCUT2D eigenvalue weighted by Gasteiger charge is -2.27. The standard InChI is InChI=1S/C12H22N2O6/c1-12(2,7-15)10(19)11(20)14-5-3-8(16)13-6-4-9(17)18/h10,15,19H,3-7H2,1-2H3,(H,13,16)(H,14,20)(H,17,18). The molecule has 2 amide bonds. The van der Waals surface area contributed by atoms with Crippen molar-refractivity contribution in [3.05, 3.63) is 0 Å². The molecule has 0 aliphatic heterocycles. The fraction of sp³-hybridized carbons (Fsp3) is 0.750. The number of hydrogen-bond acceptors (Lipinski definition) is 5. The molecule has 1 atom stereocenters. The molecular formula is C12H22N2O6. The summed E-state index contributed by atoms with van der Waals surface area (Å²) in [5.74, 6) is -2.06. The quantitative estimate of drug-likeness (QED) is 0.349. The summed E-state index contributed by atoms with van der Waals surface area (Å²) in [6, 6.07) is 0. The number of rotatable bonds is 9. The molecule has 0 bridgehead atoms. The van der Waals surface area contributed by atoms with E-state index in [4.69, 9.17) is 10.2 Å². The van der Waals surface area contributed by atoms with Crippen molar-refractivity contribution in [2.24, 2.45) is 5.41 Å². The molecule has 0 saturated carbocycles.